The summed E-state index contributed by atoms with van der Waals surface area (Å²) in [6.45, 7) is 14.8. The Bertz CT molecular complexity index is 1460. The molecule has 1 atom stereocenters. The van der Waals surface area contributed by atoms with Crippen molar-refractivity contribution in [2.75, 3.05) is 31.1 Å². The van der Waals surface area contributed by atoms with Crippen LogP contribution < -0.4 is 15.2 Å². The molecule has 41 heavy (non-hydrogen) atoms. The van der Waals surface area contributed by atoms with Crippen LogP contribution >= 0.6 is 0 Å². The highest BCUT2D eigenvalue weighted by Crippen LogP contribution is 2.48. The van der Waals surface area contributed by atoms with Crippen molar-refractivity contribution in [3.05, 3.63) is 75.5 Å². The number of hydroxylamine groups is 3. The topological polar surface area (TPSA) is 106 Å². The molecule has 0 N–H and O–H groups in total. The Kier molecular flexibility index (Phi) is 9.79. The Labute approximate surface area is 240 Å². The molecule has 3 rings (SSSR count). The second kappa shape index (κ2) is 12.4. The number of carbonyl (C=O) groups excluding carboxylic acids is 1. The van der Waals surface area contributed by atoms with E-state index in [0.29, 0.717) is 26.2 Å². The molecular weight excluding hydrogens is 557 g/mol. The molecule has 1 unspecified atom stereocenters. The molecular formula is C28H36BF2N2O7S+2. The molecule has 13 heteroatoms. The number of aryl methyl sites for hydroxylation is 1. The van der Waals surface area contributed by atoms with Crippen LogP contribution in [0.1, 0.15) is 63.2 Å². The summed E-state index contributed by atoms with van der Waals surface area (Å²) in [6.07, 6.45) is 4.15. The number of fused-ring (bicyclic) bond motifs is 1. The van der Waals surface area contributed by atoms with Gasteiger partial charge in [-0.1, -0.05) is 19.9 Å². The van der Waals surface area contributed by atoms with E-state index in [-0.39, 0.29) is 15.3 Å². The number of quaternary nitrogens is 1. The normalized spacial score (nSPS) is 17.1. The summed E-state index contributed by atoms with van der Waals surface area (Å²) in [4.78, 5) is 27.1. The average molecular weight is 593 g/mol. The molecule has 1 aromatic heterocycles. The third-order valence-corrected chi connectivity index (χ3v) is 8.80. The van der Waals surface area contributed by atoms with Crippen LogP contribution in [0.4, 0.5) is 14.3 Å². The quantitative estimate of drug-likeness (QED) is 0.0786. The second-order valence-electron chi connectivity index (χ2n) is 10.1. The number of anilines is 1. The number of benzene rings is 1. The van der Waals surface area contributed by atoms with E-state index in [1.807, 2.05) is 46.4 Å². The van der Waals surface area contributed by atoms with Crippen molar-refractivity contribution in [1.82, 2.24) is 0 Å². The molecule has 2 aromatic rings. The smallest absolute Gasteiger partial charge is 0.504 e. The fraction of sp³-hybridized carbons (Fsp3) is 0.429. The summed E-state index contributed by atoms with van der Waals surface area (Å²) in [7, 11) is -7.31. The number of carbonyl (C=O) groups is 1. The Morgan fingerprint density at radius 3 is 2.34 bits per heavy atom. The van der Waals surface area contributed by atoms with Crippen molar-refractivity contribution in [2.24, 2.45) is 0 Å². The molecule has 0 spiro atoms. The second-order valence-corrected chi connectivity index (χ2v) is 11.6. The lowest BCUT2D eigenvalue weighted by Gasteiger charge is -2.27. The first-order valence-corrected chi connectivity index (χ1v) is 14.8. The van der Waals surface area contributed by atoms with E-state index < -0.39 is 46.1 Å². The van der Waals surface area contributed by atoms with Gasteiger partial charge in [0.05, 0.1) is 8.84 Å². The van der Waals surface area contributed by atoms with Gasteiger partial charge < -0.3 is 14.0 Å². The lowest BCUT2D eigenvalue weighted by atomic mass is 9.83. The van der Waals surface area contributed by atoms with Gasteiger partial charge in [-0.3, -0.25) is 4.79 Å². The molecule has 1 aliphatic rings. The van der Waals surface area contributed by atoms with Crippen molar-refractivity contribution in [3.8, 4) is 5.75 Å². The number of hydrogen-bond donors (Lipinski definition) is 0. The maximum atomic E-state index is 13.3. The van der Waals surface area contributed by atoms with Crippen LogP contribution in [-0.4, -0.2) is 44.1 Å². The predicted octanol–water partition coefficient (Wildman–Crippen LogP) is 5.62. The average Bonchev–Trinajstić information content (AvgIpc) is 3.11. The zero-order valence-corrected chi connectivity index (χ0v) is 25.2. The van der Waals surface area contributed by atoms with Crippen molar-refractivity contribution >= 4 is 29.4 Å². The number of nitrogens with zero attached hydrogens (tertiary/aromatic N) is 2. The summed E-state index contributed by atoms with van der Waals surface area (Å²) in [5, 5.41) is 0. The van der Waals surface area contributed by atoms with E-state index >= 15 is 0 Å². The number of allylic oxidation sites excluding steroid dienone is 4. The summed E-state index contributed by atoms with van der Waals surface area (Å²) in [6, 6.07) is 5.93. The zero-order chi connectivity index (χ0) is 30.8. The first-order valence-electron chi connectivity index (χ1n) is 13.4. The number of likely N-dealkylation sites (N-methyl/N-ethyl adjacent to an activating group) is 1. The van der Waals surface area contributed by atoms with Gasteiger partial charge in [-0.05, 0) is 62.6 Å². The minimum Gasteiger partial charge on any atom is -0.504 e. The monoisotopic (exact) mass is 593 g/mol. The van der Waals surface area contributed by atoms with Gasteiger partial charge in [0.2, 0.25) is 4.90 Å². The molecule has 1 aliphatic heterocycles. The highest BCUT2D eigenvalue weighted by Gasteiger charge is 2.49. The first kappa shape index (κ1) is 32.4. The third kappa shape index (κ3) is 6.53. The molecule has 0 saturated carbocycles. The standard InChI is InChI=1S/C28H36BF2N2O7S/c1-8-32-22-16-15-20(41(36,37)40-33(9-2,10-3)11-4)18-21(22)28(6,7)25(32)14-12-13-23(34)26-24(39-29(30)31)17-19(5)38-27(26)35/h12-18H,8-11H2,1-7H3/q+2/b13-12+,25-14-. The molecule has 0 fully saturated rings. The fourth-order valence-corrected chi connectivity index (χ4v) is 6.35. The molecule has 9 nitrogen and oxygen atoms in total. The zero-order valence-electron chi connectivity index (χ0n) is 24.4. The van der Waals surface area contributed by atoms with Gasteiger partial charge in [-0.25, -0.2) is 13.4 Å². The van der Waals surface area contributed by atoms with Crippen molar-refractivity contribution in [1.29, 1.82) is 0 Å². The van der Waals surface area contributed by atoms with E-state index in [2.05, 4.69) is 4.65 Å². The summed E-state index contributed by atoms with van der Waals surface area (Å²) < 4.78 is 67.3. The van der Waals surface area contributed by atoms with Crippen LogP contribution in [0.25, 0.3) is 0 Å². The minimum absolute atomic E-state index is 0.0212. The Hall–Kier alpha value is -3.13. The number of rotatable bonds is 12. The number of hydrogen-bond acceptors (Lipinski definition) is 7. The Morgan fingerprint density at radius 1 is 1.15 bits per heavy atom. The summed E-state index contributed by atoms with van der Waals surface area (Å²) in [5.74, 6) is -1.40. The number of ketones is 1. The molecule has 221 valence electrons. The molecule has 2 heterocycles. The highest BCUT2D eigenvalue weighted by atomic mass is 32.3. The lowest BCUT2D eigenvalue weighted by molar-refractivity contribution is -1.08. The summed E-state index contributed by atoms with van der Waals surface area (Å²) >= 11 is 0. The van der Waals surface area contributed by atoms with E-state index in [4.69, 9.17) is 8.70 Å². The molecule has 1 aromatic carbocycles. The van der Waals surface area contributed by atoms with Gasteiger partial charge in [0, 0.05) is 41.5 Å². The largest absolute Gasteiger partial charge is 0.796 e. The van der Waals surface area contributed by atoms with Gasteiger partial charge in [-0.2, -0.15) is 0 Å². The minimum atomic E-state index is -4.07. The van der Waals surface area contributed by atoms with Gasteiger partial charge in [0.15, 0.2) is 5.78 Å². The Balaban J connectivity index is 1.98. The first-order chi connectivity index (χ1) is 19.2. The SMILES string of the molecule is CCN1/C(=C\C=C\C(=O)c2c(OB(F)F)cc(C)oc2=O)C(C)(C)c2cc([S+]([O])(=O)O[N+](CC)(CC)CC)ccc21. The van der Waals surface area contributed by atoms with Gasteiger partial charge in [0.1, 0.15) is 36.7 Å². The molecule has 1 radical (unpaired) electrons. The lowest BCUT2D eigenvalue weighted by Crippen LogP contribution is -2.49. The maximum absolute atomic E-state index is 13.3. The van der Waals surface area contributed by atoms with E-state index in [1.165, 1.54) is 19.1 Å². The fourth-order valence-electron chi connectivity index (χ4n) is 5.04. The van der Waals surface area contributed by atoms with E-state index in [0.717, 1.165) is 29.1 Å². The van der Waals surface area contributed by atoms with Crippen molar-refractivity contribution < 1.29 is 40.2 Å². The molecule has 0 saturated heterocycles. The Morgan fingerprint density at radius 2 is 1.78 bits per heavy atom. The van der Waals surface area contributed by atoms with Crippen molar-refractivity contribution in [2.45, 2.75) is 58.8 Å². The van der Waals surface area contributed by atoms with Gasteiger partial charge in [0.25, 0.3) is 0 Å². The predicted molar refractivity (Wildman–Crippen MR) is 152 cm³/mol. The van der Waals surface area contributed by atoms with Crippen LogP contribution in [0.5, 0.6) is 5.75 Å². The third-order valence-electron chi connectivity index (χ3n) is 7.46. The summed E-state index contributed by atoms with van der Waals surface area (Å²) in [5.41, 5.74) is -0.0818. The van der Waals surface area contributed by atoms with Crippen molar-refractivity contribution in [3.63, 3.8) is 0 Å². The van der Waals surface area contributed by atoms with Crippen LogP contribution in [0.2, 0.25) is 0 Å². The number of halogens is 2. The van der Waals surface area contributed by atoms with Gasteiger partial charge >= 0.3 is 23.6 Å². The van der Waals surface area contributed by atoms with Gasteiger partial charge in [-0.15, -0.1) is 4.65 Å². The molecule has 0 aliphatic carbocycles. The molecule has 0 bridgehead atoms. The van der Waals surface area contributed by atoms with E-state index in [9.17, 15) is 27.0 Å². The molecule has 0 amide bonds. The van der Waals surface area contributed by atoms with E-state index in [1.54, 1.807) is 18.2 Å². The van der Waals surface area contributed by atoms with Crippen LogP contribution in [0.3, 0.4) is 0 Å². The maximum Gasteiger partial charge on any atom is 0.796 e. The van der Waals surface area contributed by atoms with Crippen LogP contribution in [-0.2, 0) is 29.0 Å². The van der Waals surface area contributed by atoms with Crippen LogP contribution in [0, 0.1) is 6.92 Å². The highest BCUT2D eigenvalue weighted by molar-refractivity contribution is 7.92. The van der Waals surface area contributed by atoms with Crippen LogP contribution in [0.15, 0.2) is 62.3 Å².